The lowest BCUT2D eigenvalue weighted by atomic mass is 10.2. The molecule has 0 amide bonds. The van der Waals surface area contributed by atoms with Gasteiger partial charge < -0.3 is 14.8 Å². The van der Waals surface area contributed by atoms with Crippen molar-refractivity contribution in [3.63, 3.8) is 0 Å². The minimum absolute atomic E-state index is 0.274. The molecule has 1 aromatic heterocycles. The summed E-state index contributed by atoms with van der Waals surface area (Å²) in [6, 6.07) is 4.86. The van der Waals surface area contributed by atoms with Crippen LogP contribution in [-0.4, -0.2) is 22.7 Å². The first-order valence-electron chi connectivity index (χ1n) is 5.50. The Kier molecular flexibility index (Phi) is 4.26. The summed E-state index contributed by atoms with van der Waals surface area (Å²) in [6.07, 6.45) is 1.55. The molecule has 2 aromatic rings. The van der Waals surface area contributed by atoms with Crippen LogP contribution in [0.3, 0.4) is 0 Å². The second kappa shape index (κ2) is 5.94. The van der Waals surface area contributed by atoms with E-state index in [1.165, 1.54) is 11.3 Å². The second-order valence-corrected chi connectivity index (χ2v) is 5.37. The van der Waals surface area contributed by atoms with Crippen LogP contribution in [0.5, 0.6) is 5.75 Å². The van der Waals surface area contributed by atoms with E-state index in [1.807, 2.05) is 0 Å². The molecule has 0 spiro atoms. The number of carbonyl (C=O) groups is 1. The highest BCUT2D eigenvalue weighted by Gasteiger charge is 2.08. The van der Waals surface area contributed by atoms with Gasteiger partial charge in [-0.05, 0) is 18.2 Å². The summed E-state index contributed by atoms with van der Waals surface area (Å²) in [6.45, 7) is 3.17. The summed E-state index contributed by atoms with van der Waals surface area (Å²) in [7, 11) is 0. The molecule has 0 radical (unpaired) electrons. The van der Waals surface area contributed by atoms with Crippen LogP contribution in [0.25, 0.3) is 12.7 Å². The van der Waals surface area contributed by atoms with Gasteiger partial charge in [0.2, 0.25) is 0 Å². The number of benzene rings is 1. The van der Waals surface area contributed by atoms with E-state index in [4.69, 9.17) is 21.4 Å². The molecule has 0 fully saturated rings. The molecule has 0 saturated heterocycles. The molecule has 0 aliphatic rings. The van der Waals surface area contributed by atoms with Crippen molar-refractivity contribution in [2.45, 2.75) is 0 Å². The largest absolute Gasteiger partial charge is 0.481 e. The van der Waals surface area contributed by atoms with E-state index in [0.717, 1.165) is 0 Å². The zero-order chi connectivity index (χ0) is 14.7. The summed E-state index contributed by atoms with van der Waals surface area (Å²) in [5.74, 6) is -0.789. The molecule has 0 aliphatic carbocycles. The van der Waals surface area contributed by atoms with Crippen molar-refractivity contribution < 1.29 is 14.6 Å². The number of carboxylic acid groups (broad SMARTS) is 1. The molecule has 5 nitrogen and oxygen atoms in total. The Balaban J connectivity index is 2.53. The maximum atomic E-state index is 11.6. The highest BCUT2D eigenvalue weighted by Crippen LogP contribution is 2.27. The van der Waals surface area contributed by atoms with Gasteiger partial charge in [-0.2, -0.15) is 0 Å². The summed E-state index contributed by atoms with van der Waals surface area (Å²) < 4.78 is 6.11. The number of rotatable bonds is 4. The van der Waals surface area contributed by atoms with Crippen LogP contribution >= 0.6 is 22.9 Å². The minimum Gasteiger partial charge on any atom is -0.481 e. The Labute approximate surface area is 122 Å². The Morgan fingerprint density at radius 1 is 1.55 bits per heavy atom. The predicted octanol–water partition coefficient (Wildman–Crippen LogP) is 0.792. The van der Waals surface area contributed by atoms with Crippen molar-refractivity contribution in [3.05, 3.63) is 48.3 Å². The number of thiazole rings is 1. The number of aliphatic carboxylic acids is 1. The Morgan fingerprint density at radius 2 is 2.30 bits per heavy atom. The minimum atomic E-state index is -1.09. The molecule has 20 heavy (non-hydrogen) atoms. The van der Waals surface area contributed by atoms with Crippen LogP contribution in [0.2, 0.25) is 5.02 Å². The molecule has 1 aromatic carbocycles. The number of hydrogen-bond acceptors (Lipinski definition) is 4. The number of aromatic amines is 1. The molecule has 7 heteroatoms. The molecule has 0 saturated carbocycles. The van der Waals surface area contributed by atoms with Crippen LogP contribution in [-0.2, 0) is 4.79 Å². The third-order valence-electron chi connectivity index (χ3n) is 2.35. The molecule has 2 N–H and O–H groups in total. The fraction of sp³-hybridized carbons (Fsp3) is 0.0769. The first kappa shape index (κ1) is 14.4. The zero-order valence-corrected chi connectivity index (χ0v) is 11.8. The van der Waals surface area contributed by atoms with Gasteiger partial charge in [-0.3, -0.25) is 4.79 Å². The standard InChI is InChI=1S/C13H10ClNO4S/c1-7-15-13(18)11(20-7)5-8-9(14)3-2-4-10(8)19-6-12(16)17/h2-5H,1,6H2,(H,15,18)(H,16,17)/b11-5-. The predicted molar refractivity (Wildman–Crippen MR) is 77.9 cm³/mol. The molecule has 0 bridgehead atoms. The van der Waals surface area contributed by atoms with Gasteiger partial charge in [0.25, 0.3) is 5.56 Å². The van der Waals surface area contributed by atoms with E-state index >= 15 is 0 Å². The van der Waals surface area contributed by atoms with Crippen molar-refractivity contribution in [1.82, 2.24) is 4.98 Å². The highest BCUT2D eigenvalue weighted by molar-refractivity contribution is 7.07. The lowest BCUT2D eigenvalue weighted by Gasteiger charge is -2.08. The van der Waals surface area contributed by atoms with Crippen molar-refractivity contribution in [3.8, 4) is 5.75 Å². The number of nitrogens with one attached hydrogen (secondary N) is 1. The van der Waals surface area contributed by atoms with Crippen molar-refractivity contribution >= 4 is 41.6 Å². The third-order valence-corrected chi connectivity index (χ3v) is 3.55. The van der Waals surface area contributed by atoms with E-state index < -0.39 is 12.6 Å². The maximum Gasteiger partial charge on any atom is 0.341 e. The normalized spacial score (nSPS) is 11.6. The quantitative estimate of drug-likeness (QED) is 0.875. The number of halogens is 1. The summed E-state index contributed by atoms with van der Waals surface area (Å²) in [5, 5.41) is 9.01. The molecule has 104 valence electrons. The van der Waals surface area contributed by atoms with Gasteiger partial charge in [-0.1, -0.05) is 24.2 Å². The highest BCUT2D eigenvalue weighted by atomic mass is 35.5. The van der Waals surface area contributed by atoms with E-state index in [0.29, 0.717) is 25.5 Å². The Bertz CT molecular complexity index is 809. The number of H-pyrrole nitrogens is 1. The van der Waals surface area contributed by atoms with Crippen LogP contribution in [0.1, 0.15) is 5.56 Å². The molecule has 1 heterocycles. The third kappa shape index (κ3) is 3.28. The average Bonchev–Trinajstić information content (AvgIpc) is 2.68. The van der Waals surface area contributed by atoms with Gasteiger partial charge in [0.1, 0.15) is 5.75 Å². The van der Waals surface area contributed by atoms with Gasteiger partial charge >= 0.3 is 5.97 Å². The van der Waals surface area contributed by atoms with Crippen LogP contribution < -0.4 is 19.5 Å². The Morgan fingerprint density at radius 3 is 2.90 bits per heavy atom. The molecule has 0 atom stereocenters. The van der Waals surface area contributed by atoms with Crippen LogP contribution in [0.4, 0.5) is 0 Å². The Hall–Kier alpha value is -2.05. The van der Waals surface area contributed by atoms with Crippen LogP contribution in [0.15, 0.2) is 23.0 Å². The first-order chi connectivity index (χ1) is 9.47. The fourth-order valence-corrected chi connectivity index (χ4v) is 2.49. The summed E-state index contributed by atoms with van der Waals surface area (Å²) in [4.78, 5) is 24.8. The summed E-state index contributed by atoms with van der Waals surface area (Å²) >= 11 is 7.26. The van der Waals surface area contributed by atoms with Crippen LogP contribution in [0, 0.1) is 0 Å². The fourth-order valence-electron chi connectivity index (χ4n) is 1.54. The first-order valence-corrected chi connectivity index (χ1v) is 6.69. The SMILES string of the molecule is C=c1[nH]c(=O)/c(=C/c2c(Cl)cccc2OCC(=O)O)s1. The van der Waals surface area contributed by atoms with E-state index in [-0.39, 0.29) is 5.56 Å². The summed E-state index contributed by atoms with van der Waals surface area (Å²) in [5.41, 5.74) is 0.187. The van der Waals surface area contributed by atoms with Crippen molar-refractivity contribution in [1.29, 1.82) is 0 Å². The topological polar surface area (TPSA) is 79.4 Å². The lowest BCUT2D eigenvalue weighted by Crippen LogP contribution is -2.20. The van der Waals surface area contributed by atoms with Crippen molar-refractivity contribution in [2.75, 3.05) is 6.61 Å². The number of carboxylic acids is 1. The molecular formula is C13H10ClNO4S. The van der Waals surface area contributed by atoms with Crippen molar-refractivity contribution in [2.24, 2.45) is 0 Å². The van der Waals surface area contributed by atoms with Gasteiger partial charge in [0.05, 0.1) is 14.2 Å². The number of aromatic nitrogens is 1. The average molecular weight is 312 g/mol. The van der Waals surface area contributed by atoms with Gasteiger partial charge in [0, 0.05) is 5.56 Å². The maximum absolute atomic E-state index is 11.6. The van der Waals surface area contributed by atoms with E-state index in [9.17, 15) is 9.59 Å². The molecule has 0 unspecified atom stereocenters. The zero-order valence-electron chi connectivity index (χ0n) is 10.2. The molecule has 2 rings (SSSR count). The van der Waals surface area contributed by atoms with E-state index in [1.54, 1.807) is 24.3 Å². The monoisotopic (exact) mass is 311 g/mol. The van der Waals surface area contributed by atoms with Gasteiger partial charge in [-0.15, -0.1) is 11.3 Å². The lowest BCUT2D eigenvalue weighted by molar-refractivity contribution is -0.139. The molecule has 0 aliphatic heterocycles. The van der Waals surface area contributed by atoms with Gasteiger partial charge in [-0.25, -0.2) is 4.79 Å². The number of ether oxygens (including phenoxy) is 1. The number of hydrogen-bond donors (Lipinski definition) is 2. The van der Waals surface area contributed by atoms with Gasteiger partial charge in [0.15, 0.2) is 6.61 Å². The van der Waals surface area contributed by atoms with E-state index in [2.05, 4.69) is 11.6 Å². The second-order valence-electron chi connectivity index (χ2n) is 3.82. The molecular weight excluding hydrogens is 302 g/mol. The smallest absolute Gasteiger partial charge is 0.341 e.